The molecule has 2 unspecified atom stereocenters. The Morgan fingerprint density at radius 1 is 0.680 bits per heavy atom. The molecule has 4 aromatic rings. The van der Waals surface area contributed by atoms with Crippen molar-refractivity contribution in [2.75, 3.05) is 47.2 Å². The van der Waals surface area contributed by atoms with Crippen molar-refractivity contribution in [2.45, 2.75) is 12.5 Å². The minimum absolute atomic E-state index is 0.179. The maximum Gasteiger partial charge on any atom is 0.333 e. The molecule has 0 radical (unpaired) electrons. The first-order valence-corrected chi connectivity index (χ1v) is 19.3. The molecule has 4 aromatic carbocycles. The number of fused-ring (bicyclic) bond motifs is 2. The third kappa shape index (κ3) is 8.21. The van der Waals surface area contributed by atoms with Crippen LogP contribution in [0.25, 0.3) is 0 Å². The van der Waals surface area contributed by atoms with Gasteiger partial charge in [-0.05, 0) is 48.9 Å². The molecule has 0 aliphatic carbocycles. The lowest BCUT2D eigenvalue weighted by Crippen LogP contribution is -2.41. The van der Waals surface area contributed by atoms with Gasteiger partial charge in [0.1, 0.15) is 0 Å². The first-order chi connectivity index (χ1) is 24.4. The lowest BCUT2D eigenvalue weighted by atomic mass is 10.0. The standard InChI is InChI=1S/C38H34Cl2N4O4S2/c1-49-23-43-31-15-13-27(39)19-29(31)37(25-9-5-3-6-10-25)41-21-33(43)47-35(45)17-18-36(46)48-34-22-42-38(26-11-7-4-8-12-26)30-20-28(40)14-16-32(30)44(34)24-50-2/h3-20,33-34H,21-24H2,1-2H3/b18-17-. The summed E-state index contributed by atoms with van der Waals surface area (Å²) in [5, 5.41) is 1.15. The summed E-state index contributed by atoms with van der Waals surface area (Å²) < 4.78 is 11.9. The number of thioether (sulfide) groups is 2. The van der Waals surface area contributed by atoms with Gasteiger partial charge in [-0.25, -0.2) is 9.59 Å². The average Bonchev–Trinajstić information content (AvgIpc) is 3.36. The van der Waals surface area contributed by atoms with Gasteiger partial charge in [0.25, 0.3) is 0 Å². The van der Waals surface area contributed by atoms with Crippen LogP contribution >= 0.6 is 46.7 Å². The van der Waals surface area contributed by atoms with Gasteiger partial charge in [0.05, 0.1) is 36.3 Å². The number of carbonyl (C=O) groups is 2. The molecule has 0 N–H and O–H groups in total. The Morgan fingerprint density at radius 2 is 1.08 bits per heavy atom. The fraction of sp³-hybridized carbons (Fsp3) is 0.211. The van der Waals surface area contributed by atoms with Crippen LogP contribution in [0.1, 0.15) is 22.3 Å². The minimum Gasteiger partial charge on any atom is -0.436 e. The third-order valence-corrected chi connectivity index (χ3v) is 9.59. The van der Waals surface area contributed by atoms with E-state index in [1.54, 1.807) is 23.5 Å². The SMILES string of the molecule is CSCN1c2ccc(Cl)cc2C(c2ccccc2)=NCC1OC(=O)/C=C\C(=O)OC1CN=C(c2ccccc2)c2cc(Cl)ccc2N1CSC. The quantitative estimate of drug-likeness (QED) is 0.120. The number of benzodiazepines with no additional fused rings is 2. The van der Waals surface area contributed by atoms with Crippen LogP contribution in [0.5, 0.6) is 0 Å². The number of rotatable bonds is 10. The average molecular weight is 746 g/mol. The molecule has 2 aliphatic rings. The van der Waals surface area contributed by atoms with Crippen LogP contribution in [0.15, 0.2) is 119 Å². The molecule has 50 heavy (non-hydrogen) atoms. The highest BCUT2D eigenvalue weighted by Gasteiger charge is 2.31. The Bertz CT molecular complexity index is 1800. The molecule has 0 fully saturated rings. The van der Waals surface area contributed by atoms with E-state index in [0.717, 1.165) is 57.2 Å². The van der Waals surface area contributed by atoms with E-state index < -0.39 is 24.4 Å². The fourth-order valence-corrected chi connectivity index (χ4v) is 7.38. The summed E-state index contributed by atoms with van der Waals surface area (Å²) in [6.45, 7) is 0.357. The maximum absolute atomic E-state index is 13.2. The summed E-state index contributed by atoms with van der Waals surface area (Å²) in [4.78, 5) is 40.2. The summed E-state index contributed by atoms with van der Waals surface area (Å²) in [5.41, 5.74) is 6.73. The van der Waals surface area contributed by atoms with E-state index in [4.69, 9.17) is 42.7 Å². The smallest absolute Gasteiger partial charge is 0.333 e. The highest BCUT2D eigenvalue weighted by Crippen LogP contribution is 2.34. The number of benzene rings is 4. The van der Waals surface area contributed by atoms with Crippen LogP contribution in [-0.2, 0) is 19.1 Å². The number of carbonyl (C=O) groups excluding carboxylic acids is 2. The summed E-state index contributed by atoms with van der Waals surface area (Å²) in [7, 11) is 0. The molecule has 0 aromatic heterocycles. The van der Waals surface area contributed by atoms with Gasteiger partial charge in [-0.2, -0.15) is 0 Å². The summed E-state index contributed by atoms with van der Waals surface area (Å²) >= 11 is 16.0. The molecule has 6 rings (SSSR count). The highest BCUT2D eigenvalue weighted by atomic mass is 35.5. The number of nitrogens with zero attached hydrogens (tertiary/aromatic N) is 4. The molecule has 2 atom stereocenters. The van der Waals surface area contributed by atoms with Gasteiger partial charge in [0, 0.05) is 55.8 Å². The Morgan fingerprint density at radius 3 is 1.46 bits per heavy atom. The number of hydrogen-bond acceptors (Lipinski definition) is 10. The van der Waals surface area contributed by atoms with E-state index in [1.807, 2.05) is 119 Å². The number of anilines is 2. The summed E-state index contributed by atoms with van der Waals surface area (Å²) in [6.07, 6.45) is 4.67. The Hall–Kier alpha value is -4.22. The highest BCUT2D eigenvalue weighted by molar-refractivity contribution is 7.98. The monoisotopic (exact) mass is 744 g/mol. The topological polar surface area (TPSA) is 83.8 Å². The van der Waals surface area contributed by atoms with Crippen LogP contribution in [0.4, 0.5) is 11.4 Å². The molecule has 2 heterocycles. The van der Waals surface area contributed by atoms with Crippen LogP contribution in [0, 0.1) is 0 Å². The molecule has 0 bridgehead atoms. The van der Waals surface area contributed by atoms with Gasteiger partial charge < -0.3 is 19.3 Å². The second-order valence-electron chi connectivity index (χ2n) is 11.3. The van der Waals surface area contributed by atoms with E-state index in [0.29, 0.717) is 21.8 Å². The van der Waals surface area contributed by atoms with Crippen LogP contribution in [0.2, 0.25) is 10.0 Å². The van der Waals surface area contributed by atoms with Crippen molar-refractivity contribution in [3.63, 3.8) is 0 Å². The molecular weight excluding hydrogens is 711 g/mol. The van der Waals surface area contributed by atoms with E-state index in [1.165, 1.54) is 0 Å². The number of ether oxygens (including phenoxy) is 2. The predicted molar refractivity (Wildman–Crippen MR) is 207 cm³/mol. The zero-order valence-corrected chi connectivity index (χ0v) is 30.5. The largest absolute Gasteiger partial charge is 0.436 e. The van der Waals surface area contributed by atoms with E-state index >= 15 is 0 Å². The zero-order chi connectivity index (χ0) is 35.0. The Kier molecular flexibility index (Phi) is 11.9. The lowest BCUT2D eigenvalue weighted by Gasteiger charge is -2.31. The van der Waals surface area contributed by atoms with Gasteiger partial charge in [0.2, 0.25) is 0 Å². The van der Waals surface area contributed by atoms with Crippen LogP contribution in [0.3, 0.4) is 0 Å². The Balaban J connectivity index is 1.21. The minimum atomic E-state index is -0.732. The zero-order valence-electron chi connectivity index (χ0n) is 27.4. The molecule has 2 aliphatic heterocycles. The van der Waals surface area contributed by atoms with E-state index in [-0.39, 0.29) is 13.1 Å². The number of hydrogen-bond donors (Lipinski definition) is 0. The number of halogens is 2. The van der Waals surface area contributed by atoms with Crippen molar-refractivity contribution in [2.24, 2.45) is 9.98 Å². The molecule has 0 spiro atoms. The molecule has 12 heteroatoms. The number of esters is 2. The van der Waals surface area contributed by atoms with Crippen molar-refractivity contribution in [3.05, 3.63) is 142 Å². The van der Waals surface area contributed by atoms with Crippen molar-refractivity contribution < 1.29 is 19.1 Å². The van der Waals surface area contributed by atoms with E-state index in [2.05, 4.69) is 0 Å². The van der Waals surface area contributed by atoms with Gasteiger partial charge in [-0.3, -0.25) is 9.98 Å². The van der Waals surface area contributed by atoms with Crippen LogP contribution < -0.4 is 9.80 Å². The van der Waals surface area contributed by atoms with Gasteiger partial charge in [0.15, 0.2) is 12.5 Å². The third-order valence-electron chi connectivity index (χ3n) is 8.04. The molecule has 0 saturated heterocycles. The van der Waals surface area contributed by atoms with Crippen LogP contribution in [-0.4, -0.2) is 73.2 Å². The second kappa shape index (κ2) is 16.7. The first kappa shape index (κ1) is 35.6. The normalized spacial score (nSPS) is 17.2. The van der Waals surface area contributed by atoms with Crippen molar-refractivity contribution >= 4 is 81.5 Å². The van der Waals surface area contributed by atoms with Gasteiger partial charge in [-0.1, -0.05) is 83.9 Å². The molecule has 256 valence electrons. The first-order valence-electron chi connectivity index (χ1n) is 15.8. The predicted octanol–water partition coefficient (Wildman–Crippen LogP) is 7.94. The van der Waals surface area contributed by atoms with Crippen molar-refractivity contribution in [3.8, 4) is 0 Å². The number of aliphatic imine (C=N–C) groups is 2. The van der Waals surface area contributed by atoms with Crippen molar-refractivity contribution in [1.82, 2.24) is 0 Å². The van der Waals surface area contributed by atoms with Crippen molar-refractivity contribution in [1.29, 1.82) is 0 Å². The second-order valence-corrected chi connectivity index (χ2v) is 13.9. The summed E-state index contributed by atoms with van der Waals surface area (Å²) in [6, 6.07) is 30.8. The molecule has 0 amide bonds. The van der Waals surface area contributed by atoms with Gasteiger partial charge in [-0.15, -0.1) is 23.5 Å². The fourth-order valence-electron chi connectivity index (χ4n) is 5.87. The molecule has 0 saturated carbocycles. The Labute approximate surface area is 310 Å². The van der Waals surface area contributed by atoms with Gasteiger partial charge >= 0.3 is 11.9 Å². The summed E-state index contributed by atoms with van der Waals surface area (Å²) in [5.74, 6) is -0.335. The van der Waals surface area contributed by atoms with E-state index in [9.17, 15) is 9.59 Å². The molecular formula is C38H34Cl2N4O4S2. The maximum atomic E-state index is 13.2. The lowest BCUT2D eigenvalue weighted by molar-refractivity contribution is -0.145. The molecule has 8 nitrogen and oxygen atoms in total.